The van der Waals surface area contributed by atoms with E-state index in [-0.39, 0.29) is 11.8 Å². The first-order valence-corrected chi connectivity index (χ1v) is 9.16. The smallest absolute Gasteiger partial charge is 0.303 e. The van der Waals surface area contributed by atoms with Crippen molar-refractivity contribution in [3.05, 3.63) is 0 Å². The van der Waals surface area contributed by atoms with Crippen LogP contribution in [0, 0.1) is 0 Å². The topological polar surface area (TPSA) is 74.7 Å². The van der Waals surface area contributed by atoms with E-state index in [1.165, 1.54) is 43.4 Å². The van der Waals surface area contributed by atoms with Crippen molar-refractivity contribution >= 4 is 17.8 Å². The second kappa shape index (κ2) is 12.1. The van der Waals surface area contributed by atoms with Gasteiger partial charge in [-0.2, -0.15) is 0 Å². The molecule has 23 heavy (non-hydrogen) atoms. The molecule has 1 saturated heterocycles. The SMILES string of the molecule is O=C(O)CCCCCCCCCCCCCN1C(=O)CCC1=O. The van der Waals surface area contributed by atoms with E-state index in [1.807, 2.05) is 0 Å². The van der Waals surface area contributed by atoms with Crippen LogP contribution in [0.1, 0.15) is 89.9 Å². The lowest BCUT2D eigenvalue weighted by molar-refractivity contribution is -0.139. The highest BCUT2D eigenvalue weighted by molar-refractivity contribution is 6.01. The number of hydrogen-bond donors (Lipinski definition) is 1. The normalized spacial score (nSPS) is 14.7. The van der Waals surface area contributed by atoms with Crippen LogP contribution in [-0.2, 0) is 14.4 Å². The molecule has 0 aromatic heterocycles. The van der Waals surface area contributed by atoms with Gasteiger partial charge in [0.25, 0.3) is 0 Å². The molecule has 0 spiro atoms. The van der Waals surface area contributed by atoms with Crippen molar-refractivity contribution in [3.8, 4) is 0 Å². The van der Waals surface area contributed by atoms with E-state index in [0.717, 1.165) is 32.1 Å². The van der Waals surface area contributed by atoms with Gasteiger partial charge in [-0.25, -0.2) is 0 Å². The Kier molecular flexibility index (Phi) is 10.3. The highest BCUT2D eigenvalue weighted by atomic mass is 16.4. The van der Waals surface area contributed by atoms with E-state index in [0.29, 0.717) is 25.8 Å². The van der Waals surface area contributed by atoms with Gasteiger partial charge in [0.2, 0.25) is 11.8 Å². The van der Waals surface area contributed by atoms with E-state index < -0.39 is 5.97 Å². The molecule has 1 fully saturated rings. The molecule has 1 aliphatic rings. The lowest BCUT2D eigenvalue weighted by Crippen LogP contribution is -2.29. The van der Waals surface area contributed by atoms with Crippen molar-refractivity contribution in [2.75, 3.05) is 6.54 Å². The molecule has 0 saturated carbocycles. The number of rotatable bonds is 14. The summed E-state index contributed by atoms with van der Waals surface area (Å²) in [4.78, 5) is 34.6. The Morgan fingerprint density at radius 3 is 1.57 bits per heavy atom. The van der Waals surface area contributed by atoms with E-state index in [4.69, 9.17) is 5.11 Å². The van der Waals surface area contributed by atoms with E-state index in [9.17, 15) is 14.4 Å². The molecule has 5 nitrogen and oxygen atoms in total. The lowest BCUT2D eigenvalue weighted by atomic mass is 10.1. The van der Waals surface area contributed by atoms with Gasteiger partial charge in [-0.1, -0.05) is 57.8 Å². The van der Waals surface area contributed by atoms with Gasteiger partial charge >= 0.3 is 5.97 Å². The Bertz CT molecular complexity index is 365. The summed E-state index contributed by atoms with van der Waals surface area (Å²) in [6, 6.07) is 0. The van der Waals surface area contributed by atoms with Gasteiger partial charge in [-0.3, -0.25) is 19.3 Å². The van der Waals surface area contributed by atoms with Crippen molar-refractivity contribution < 1.29 is 19.5 Å². The maximum Gasteiger partial charge on any atom is 0.303 e. The minimum Gasteiger partial charge on any atom is -0.481 e. The van der Waals surface area contributed by atoms with E-state index in [2.05, 4.69) is 0 Å². The standard InChI is InChI=1S/C18H31NO4/c20-16-13-14-17(21)19(16)15-11-9-7-5-3-1-2-4-6-8-10-12-18(22)23/h1-15H2,(H,22,23). The average Bonchev–Trinajstić information content (AvgIpc) is 2.83. The summed E-state index contributed by atoms with van der Waals surface area (Å²) in [5, 5.41) is 8.53. The summed E-state index contributed by atoms with van der Waals surface area (Å²) in [6.07, 6.45) is 13.4. The number of hydrogen-bond acceptors (Lipinski definition) is 3. The molecule has 1 heterocycles. The molecule has 0 aromatic carbocycles. The second-order valence-electron chi connectivity index (χ2n) is 6.47. The van der Waals surface area contributed by atoms with Crippen LogP contribution in [-0.4, -0.2) is 34.3 Å². The van der Waals surface area contributed by atoms with Gasteiger partial charge in [0.1, 0.15) is 0 Å². The number of carboxylic acids is 1. The number of imide groups is 1. The fraction of sp³-hybridized carbons (Fsp3) is 0.833. The number of carbonyl (C=O) groups is 3. The Morgan fingerprint density at radius 2 is 1.13 bits per heavy atom. The maximum absolute atomic E-state index is 11.4. The van der Waals surface area contributed by atoms with Crippen LogP contribution >= 0.6 is 0 Å². The number of carbonyl (C=O) groups excluding carboxylic acids is 2. The Balaban J connectivity index is 1.79. The lowest BCUT2D eigenvalue weighted by Gasteiger charge is -2.13. The first-order valence-electron chi connectivity index (χ1n) is 9.16. The Hall–Kier alpha value is -1.39. The third-order valence-corrected chi connectivity index (χ3v) is 4.43. The van der Waals surface area contributed by atoms with Crippen molar-refractivity contribution in [1.29, 1.82) is 0 Å². The molecule has 0 atom stereocenters. The number of carboxylic acid groups (broad SMARTS) is 1. The van der Waals surface area contributed by atoms with Gasteiger partial charge in [0.05, 0.1) is 0 Å². The number of likely N-dealkylation sites (tertiary alicyclic amines) is 1. The first kappa shape index (κ1) is 19.7. The quantitative estimate of drug-likeness (QED) is 0.388. The molecule has 0 bridgehead atoms. The fourth-order valence-corrected chi connectivity index (χ4v) is 3.01. The number of unbranched alkanes of at least 4 members (excludes halogenated alkanes) is 10. The largest absolute Gasteiger partial charge is 0.481 e. The third kappa shape index (κ3) is 9.36. The molecule has 0 radical (unpaired) electrons. The predicted octanol–water partition coefficient (Wildman–Crippen LogP) is 3.90. The zero-order chi connectivity index (χ0) is 16.9. The molecule has 1 aliphatic heterocycles. The molecule has 132 valence electrons. The summed E-state index contributed by atoms with van der Waals surface area (Å²) >= 11 is 0. The van der Waals surface area contributed by atoms with Crippen molar-refractivity contribution in [1.82, 2.24) is 4.90 Å². The van der Waals surface area contributed by atoms with Gasteiger partial charge in [-0.15, -0.1) is 0 Å². The van der Waals surface area contributed by atoms with Crippen molar-refractivity contribution in [2.45, 2.75) is 89.9 Å². The molecule has 1 rings (SSSR count). The van der Waals surface area contributed by atoms with Gasteiger partial charge in [0.15, 0.2) is 0 Å². The predicted molar refractivity (Wildman–Crippen MR) is 89.0 cm³/mol. The van der Waals surface area contributed by atoms with Crippen molar-refractivity contribution in [3.63, 3.8) is 0 Å². The van der Waals surface area contributed by atoms with Crippen molar-refractivity contribution in [2.24, 2.45) is 0 Å². The van der Waals surface area contributed by atoms with Gasteiger partial charge in [0, 0.05) is 25.8 Å². The van der Waals surface area contributed by atoms with Crippen LogP contribution in [0.2, 0.25) is 0 Å². The highest BCUT2D eigenvalue weighted by Crippen LogP contribution is 2.15. The Labute approximate surface area is 139 Å². The number of nitrogens with zero attached hydrogens (tertiary/aromatic N) is 1. The molecular weight excluding hydrogens is 294 g/mol. The summed E-state index contributed by atoms with van der Waals surface area (Å²) < 4.78 is 0. The summed E-state index contributed by atoms with van der Waals surface area (Å²) in [6.45, 7) is 0.605. The minimum absolute atomic E-state index is 0.00152. The van der Waals surface area contributed by atoms with Crippen LogP contribution < -0.4 is 0 Å². The monoisotopic (exact) mass is 325 g/mol. The van der Waals surface area contributed by atoms with E-state index >= 15 is 0 Å². The minimum atomic E-state index is -0.691. The molecule has 2 amide bonds. The van der Waals surface area contributed by atoms with Crippen LogP contribution in [0.3, 0.4) is 0 Å². The zero-order valence-electron chi connectivity index (χ0n) is 14.2. The van der Waals surface area contributed by atoms with E-state index in [1.54, 1.807) is 0 Å². The molecule has 0 aromatic rings. The molecule has 1 N–H and O–H groups in total. The maximum atomic E-state index is 11.4. The first-order chi connectivity index (χ1) is 11.1. The zero-order valence-corrected chi connectivity index (χ0v) is 14.2. The number of amides is 2. The fourth-order valence-electron chi connectivity index (χ4n) is 3.01. The highest BCUT2D eigenvalue weighted by Gasteiger charge is 2.27. The second-order valence-corrected chi connectivity index (χ2v) is 6.47. The molecule has 0 unspecified atom stereocenters. The number of aliphatic carboxylic acids is 1. The summed E-state index contributed by atoms with van der Waals surface area (Å²) in [7, 11) is 0. The van der Waals surface area contributed by atoms with Crippen LogP contribution in [0.15, 0.2) is 0 Å². The Morgan fingerprint density at radius 1 is 0.739 bits per heavy atom. The van der Waals surface area contributed by atoms with Crippen LogP contribution in [0.5, 0.6) is 0 Å². The van der Waals surface area contributed by atoms with Crippen LogP contribution in [0.4, 0.5) is 0 Å². The average molecular weight is 325 g/mol. The molecule has 0 aliphatic carbocycles. The third-order valence-electron chi connectivity index (χ3n) is 4.43. The molecule has 5 heteroatoms. The summed E-state index contributed by atoms with van der Waals surface area (Å²) in [5.74, 6) is -0.694. The summed E-state index contributed by atoms with van der Waals surface area (Å²) in [5.41, 5.74) is 0. The van der Waals surface area contributed by atoms with Gasteiger partial charge < -0.3 is 5.11 Å². The molecular formula is C18H31NO4. The van der Waals surface area contributed by atoms with Crippen LogP contribution in [0.25, 0.3) is 0 Å². The van der Waals surface area contributed by atoms with Gasteiger partial charge in [-0.05, 0) is 12.8 Å².